The van der Waals surface area contributed by atoms with E-state index in [9.17, 15) is 0 Å². The Bertz CT molecular complexity index is 602. The van der Waals surface area contributed by atoms with Gasteiger partial charge in [0.25, 0.3) is 0 Å². The Kier molecular flexibility index (Phi) is 4.31. The first-order valence-electron chi connectivity index (χ1n) is 7.25. The number of hydrogen-bond acceptors (Lipinski definition) is 5. The van der Waals surface area contributed by atoms with Crippen molar-refractivity contribution in [2.45, 2.75) is 13.0 Å². The van der Waals surface area contributed by atoms with Crippen LogP contribution in [0.2, 0.25) is 0 Å². The van der Waals surface area contributed by atoms with Gasteiger partial charge in [0.2, 0.25) is 11.8 Å². The summed E-state index contributed by atoms with van der Waals surface area (Å²) in [5.41, 5.74) is 2.93. The molecule has 1 N–H and O–H groups in total. The molecular formula is C16H20N4O. The van der Waals surface area contributed by atoms with E-state index in [1.807, 2.05) is 0 Å². The van der Waals surface area contributed by atoms with Crippen molar-refractivity contribution in [3.8, 4) is 5.88 Å². The molecule has 5 nitrogen and oxygen atoms in total. The van der Waals surface area contributed by atoms with Crippen molar-refractivity contribution in [3.05, 3.63) is 47.7 Å². The first kappa shape index (κ1) is 13.8. The molecule has 0 fully saturated rings. The second kappa shape index (κ2) is 6.54. The molecule has 0 spiro atoms. The van der Waals surface area contributed by atoms with Gasteiger partial charge in [-0.3, -0.25) is 4.90 Å². The minimum absolute atomic E-state index is 0.583. The van der Waals surface area contributed by atoms with Gasteiger partial charge in [0.15, 0.2) is 0 Å². The molecule has 0 aliphatic carbocycles. The Morgan fingerprint density at radius 1 is 1.24 bits per heavy atom. The molecule has 3 rings (SSSR count). The van der Waals surface area contributed by atoms with Gasteiger partial charge in [0.05, 0.1) is 7.11 Å². The molecule has 0 amide bonds. The summed E-state index contributed by atoms with van der Waals surface area (Å²) in [6.45, 7) is 3.94. The van der Waals surface area contributed by atoms with Crippen LogP contribution in [-0.2, 0) is 13.0 Å². The molecule has 2 heterocycles. The van der Waals surface area contributed by atoms with Gasteiger partial charge in [-0.15, -0.1) is 0 Å². The first-order valence-corrected chi connectivity index (χ1v) is 7.25. The molecular weight excluding hydrogens is 264 g/mol. The van der Waals surface area contributed by atoms with E-state index < -0.39 is 0 Å². The predicted molar refractivity (Wildman–Crippen MR) is 82.5 cm³/mol. The van der Waals surface area contributed by atoms with Gasteiger partial charge >= 0.3 is 0 Å². The number of fused-ring (bicyclic) bond motifs is 1. The maximum Gasteiger partial charge on any atom is 0.225 e. The lowest BCUT2D eigenvalue weighted by molar-refractivity contribution is 0.264. The van der Waals surface area contributed by atoms with Crippen molar-refractivity contribution in [2.75, 3.05) is 32.1 Å². The minimum Gasteiger partial charge on any atom is -0.481 e. The lowest BCUT2D eigenvalue weighted by Gasteiger charge is -2.28. The van der Waals surface area contributed by atoms with E-state index in [-0.39, 0.29) is 0 Å². The molecule has 1 aliphatic rings. The van der Waals surface area contributed by atoms with Crippen molar-refractivity contribution in [1.82, 2.24) is 14.9 Å². The van der Waals surface area contributed by atoms with Crippen LogP contribution < -0.4 is 10.1 Å². The van der Waals surface area contributed by atoms with Crippen molar-refractivity contribution >= 4 is 5.95 Å². The third-order valence-electron chi connectivity index (χ3n) is 3.76. The SMILES string of the molecule is COc1ccnc(NCCN2CCc3ccccc3C2)n1. The Labute approximate surface area is 125 Å². The average Bonchev–Trinajstić information content (AvgIpc) is 2.55. The van der Waals surface area contributed by atoms with E-state index in [1.54, 1.807) is 19.4 Å². The van der Waals surface area contributed by atoms with E-state index in [1.165, 1.54) is 11.1 Å². The Morgan fingerprint density at radius 3 is 2.95 bits per heavy atom. The number of rotatable bonds is 5. The molecule has 0 atom stereocenters. The second-order valence-electron chi connectivity index (χ2n) is 5.14. The predicted octanol–water partition coefficient (Wildman–Crippen LogP) is 1.96. The molecule has 5 heteroatoms. The van der Waals surface area contributed by atoms with Crippen LogP contribution in [0.4, 0.5) is 5.95 Å². The van der Waals surface area contributed by atoms with Gasteiger partial charge in [-0.25, -0.2) is 4.98 Å². The van der Waals surface area contributed by atoms with E-state index >= 15 is 0 Å². The van der Waals surface area contributed by atoms with Crippen molar-refractivity contribution in [2.24, 2.45) is 0 Å². The van der Waals surface area contributed by atoms with E-state index in [2.05, 4.69) is 44.5 Å². The third kappa shape index (κ3) is 3.49. The fraction of sp³-hybridized carbons (Fsp3) is 0.375. The lowest BCUT2D eigenvalue weighted by atomic mass is 10.00. The summed E-state index contributed by atoms with van der Waals surface area (Å²) < 4.78 is 5.09. The van der Waals surface area contributed by atoms with E-state index in [0.29, 0.717) is 11.8 Å². The summed E-state index contributed by atoms with van der Waals surface area (Å²) in [5.74, 6) is 1.20. The fourth-order valence-electron chi connectivity index (χ4n) is 2.61. The lowest BCUT2D eigenvalue weighted by Crippen LogP contribution is -2.34. The number of nitrogens with zero attached hydrogens (tertiary/aromatic N) is 3. The fourth-order valence-corrected chi connectivity index (χ4v) is 2.61. The van der Waals surface area contributed by atoms with Crippen LogP contribution >= 0.6 is 0 Å². The van der Waals surface area contributed by atoms with Gasteiger partial charge in [-0.1, -0.05) is 24.3 Å². The molecule has 110 valence electrons. The molecule has 0 bridgehead atoms. The largest absolute Gasteiger partial charge is 0.481 e. The van der Waals surface area contributed by atoms with Gasteiger partial charge in [0.1, 0.15) is 0 Å². The number of nitrogens with one attached hydrogen (secondary N) is 1. The summed E-state index contributed by atoms with van der Waals surface area (Å²) in [6.07, 6.45) is 2.83. The standard InChI is InChI=1S/C16H20N4O/c1-21-15-6-8-17-16(19-15)18-9-11-20-10-7-13-4-2-3-5-14(13)12-20/h2-6,8H,7,9-12H2,1H3,(H,17,18,19). The van der Waals surface area contributed by atoms with Gasteiger partial charge in [0, 0.05) is 38.4 Å². The average molecular weight is 284 g/mol. The molecule has 2 aromatic rings. The van der Waals surface area contributed by atoms with E-state index in [4.69, 9.17) is 4.74 Å². The normalized spacial score (nSPS) is 14.5. The monoisotopic (exact) mass is 284 g/mol. The summed E-state index contributed by atoms with van der Waals surface area (Å²) in [5, 5.41) is 3.25. The maximum absolute atomic E-state index is 5.09. The molecule has 1 aliphatic heterocycles. The van der Waals surface area contributed by atoms with E-state index in [0.717, 1.165) is 32.6 Å². The molecule has 1 aromatic carbocycles. The number of anilines is 1. The highest BCUT2D eigenvalue weighted by Gasteiger charge is 2.14. The maximum atomic E-state index is 5.09. The highest BCUT2D eigenvalue weighted by molar-refractivity contribution is 5.29. The van der Waals surface area contributed by atoms with Crippen molar-refractivity contribution < 1.29 is 4.74 Å². The summed E-state index contributed by atoms with van der Waals surface area (Å²) >= 11 is 0. The summed E-state index contributed by atoms with van der Waals surface area (Å²) in [6, 6.07) is 10.4. The third-order valence-corrected chi connectivity index (χ3v) is 3.76. The smallest absolute Gasteiger partial charge is 0.225 e. The van der Waals surface area contributed by atoms with Crippen molar-refractivity contribution in [1.29, 1.82) is 0 Å². The van der Waals surface area contributed by atoms with Crippen LogP contribution in [-0.4, -0.2) is 41.6 Å². The van der Waals surface area contributed by atoms with Crippen LogP contribution in [0.3, 0.4) is 0 Å². The number of ether oxygens (including phenoxy) is 1. The Morgan fingerprint density at radius 2 is 2.10 bits per heavy atom. The second-order valence-corrected chi connectivity index (χ2v) is 5.14. The Balaban J connectivity index is 1.50. The number of methoxy groups -OCH3 is 1. The molecule has 1 aromatic heterocycles. The number of hydrogen-bond donors (Lipinski definition) is 1. The van der Waals surface area contributed by atoms with Crippen LogP contribution in [0.5, 0.6) is 5.88 Å². The zero-order valence-corrected chi connectivity index (χ0v) is 12.2. The highest BCUT2D eigenvalue weighted by atomic mass is 16.5. The molecule has 21 heavy (non-hydrogen) atoms. The molecule has 0 saturated carbocycles. The molecule has 0 unspecified atom stereocenters. The topological polar surface area (TPSA) is 50.3 Å². The van der Waals surface area contributed by atoms with Crippen molar-refractivity contribution in [3.63, 3.8) is 0 Å². The highest BCUT2D eigenvalue weighted by Crippen LogP contribution is 2.18. The quantitative estimate of drug-likeness (QED) is 0.909. The Hall–Kier alpha value is -2.14. The van der Waals surface area contributed by atoms with Gasteiger partial charge in [-0.05, 0) is 17.5 Å². The van der Waals surface area contributed by atoms with Gasteiger partial charge in [-0.2, -0.15) is 4.98 Å². The van der Waals surface area contributed by atoms with Crippen LogP contribution in [0, 0.1) is 0 Å². The van der Waals surface area contributed by atoms with Crippen LogP contribution in [0.1, 0.15) is 11.1 Å². The van der Waals surface area contributed by atoms with Crippen LogP contribution in [0.15, 0.2) is 36.5 Å². The summed E-state index contributed by atoms with van der Waals surface area (Å²) in [7, 11) is 1.61. The number of benzene rings is 1. The molecule has 0 radical (unpaired) electrons. The zero-order chi connectivity index (χ0) is 14.5. The summed E-state index contributed by atoms with van der Waals surface area (Å²) in [4.78, 5) is 10.9. The zero-order valence-electron chi connectivity index (χ0n) is 12.2. The first-order chi connectivity index (χ1) is 10.3. The number of aromatic nitrogens is 2. The minimum atomic E-state index is 0.583. The van der Waals surface area contributed by atoms with Crippen LogP contribution in [0.25, 0.3) is 0 Å². The molecule has 0 saturated heterocycles. The van der Waals surface area contributed by atoms with Gasteiger partial charge < -0.3 is 10.1 Å².